The number of hydrogen-bond acceptors (Lipinski definition) is 4. The summed E-state index contributed by atoms with van der Waals surface area (Å²) in [7, 11) is 0. The first-order valence-corrected chi connectivity index (χ1v) is 6.80. The number of carbonyl (C=O) groups excluding carboxylic acids is 1. The van der Waals surface area contributed by atoms with E-state index in [4.69, 9.17) is 4.42 Å². The molecule has 0 atom stereocenters. The van der Waals surface area contributed by atoms with Gasteiger partial charge in [0, 0.05) is 24.7 Å². The van der Waals surface area contributed by atoms with E-state index in [0.717, 1.165) is 17.3 Å². The van der Waals surface area contributed by atoms with Crippen LogP contribution in [0.3, 0.4) is 0 Å². The topological polar surface area (TPSA) is 55.1 Å². The number of aromatic nitrogens is 1. The number of nitrogens with one attached hydrogen (secondary N) is 1. The predicted octanol–water partition coefficient (Wildman–Crippen LogP) is 2.34. The van der Waals surface area contributed by atoms with Gasteiger partial charge in [-0.25, -0.2) is 0 Å². The maximum absolute atomic E-state index is 11.7. The Balaban J connectivity index is 1.62. The van der Waals surface area contributed by atoms with Crippen LogP contribution in [-0.4, -0.2) is 23.2 Å². The van der Waals surface area contributed by atoms with Gasteiger partial charge in [-0.15, -0.1) is 0 Å². The lowest BCUT2D eigenvalue weighted by atomic mass is 10.3. The number of pyridine rings is 1. The highest BCUT2D eigenvalue weighted by molar-refractivity contribution is 7.98. The van der Waals surface area contributed by atoms with Crippen molar-refractivity contribution < 1.29 is 9.21 Å². The summed E-state index contributed by atoms with van der Waals surface area (Å²) in [6.07, 6.45) is 4.88. The molecule has 18 heavy (non-hydrogen) atoms. The molecule has 0 spiro atoms. The van der Waals surface area contributed by atoms with Crippen LogP contribution in [-0.2, 0) is 5.75 Å². The van der Waals surface area contributed by atoms with Crippen molar-refractivity contribution in [1.82, 2.24) is 10.3 Å². The molecule has 2 aromatic heterocycles. The van der Waals surface area contributed by atoms with Gasteiger partial charge in [-0.2, -0.15) is 11.8 Å². The molecule has 0 aliphatic carbocycles. The van der Waals surface area contributed by atoms with Crippen molar-refractivity contribution in [2.45, 2.75) is 5.75 Å². The molecule has 2 aromatic rings. The Morgan fingerprint density at radius 3 is 3.06 bits per heavy atom. The molecule has 2 rings (SSSR count). The van der Waals surface area contributed by atoms with Crippen molar-refractivity contribution in [3.05, 3.63) is 54.2 Å². The van der Waals surface area contributed by atoms with Gasteiger partial charge in [0.05, 0.1) is 17.6 Å². The van der Waals surface area contributed by atoms with Gasteiger partial charge >= 0.3 is 0 Å². The van der Waals surface area contributed by atoms with Crippen molar-refractivity contribution in [3.8, 4) is 0 Å². The summed E-state index contributed by atoms with van der Waals surface area (Å²) < 4.78 is 5.21. The van der Waals surface area contributed by atoms with E-state index in [0.29, 0.717) is 12.1 Å². The quantitative estimate of drug-likeness (QED) is 0.812. The lowest BCUT2D eigenvalue weighted by Crippen LogP contribution is -2.25. The van der Waals surface area contributed by atoms with E-state index in [1.165, 1.54) is 0 Å². The molecule has 1 N–H and O–H groups in total. The highest BCUT2D eigenvalue weighted by Gasteiger charge is 2.03. The Bertz CT molecular complexity index is 471. The predicted molar refractivity (Wildman–Crippen MR) is 71.4 cm³/mol. The Morgan fingerprint density at radius 1 is 1.39 bits per heavy atom. The van der Waals surface area contributed by atoms with E-state index >= 15 is 0 Å². The van der Waals surface area contributed by atoms with Crippen LogP contribution in [0.5, 0.6) is 0 Å². The molecule has 4 nitrogen and oxygen atoms in total. The summed E-state index contributed by atoms with van der Waals surface area (Å²) in [5.41, 5.74) is 0.591. The molecule has 0 radical (unpaired) electrons. The molecular weight excluding hydrogens is 248 g/mol. The van der Waals surface area contributed by atoms with Crippen LogP contribution in [0.25, 0.3) is 0 Å². The number of hydrogen-bond donors (Lipinski definition) is 1. The van der Waals surface area contributed by atoms with Crippen molar-refractivity contribution >= 4 is 17.7 Å². The summed E-state index contributed by atoms with van der Waals surface area (Å²) in [6, 6.07) is 7.32. The van der Waals surface area contributed by atoms with Gasteiger partial charge in [0.25, 0.3) is 5.91 Å². The fourth-order valence-corrected chi connectivity index (χ4v) is 2.16. The highest BCUT2D eigenvalue weighted by atomic mass is 32.2. The number of furan rings is 1. The minimum atomic E-state index is -0.0818. The smallest absolute Gasteiger partial charge is 0.252 e. The van der Waals surface area contributed by atoms with Crippen LogP contribution in [0, 0.1) is 0 Å². The lowest BCUT2D eigenvalue weighted by Gasteiger charge is -2.04. The Morgan fingerprint density at radius 2 is 2.33 bits per heavy atom. The fourth-order valence-electron chi connectivity index (χ4n) is 1.40. The van der Waals surface area contributed by atoms with Crippen molar-refractivity contribution in [2.24, 2.45) is 0 Å². The largest absolute Gasteiger partial charge is 0.468 e. The van der Waals surface area contributed by atoms with Gasteiger partial charge in [0.1, 0.15) is 5.76 Å². The third-order valence-corrected chi connectivity index (χ3v) is 3.26. The van der Waals surface area contributed by atoms with E-state index in [1.54, 1.807) is 42.6 Å². The monoisotopic (exact) mass is 262 g/mol. The molecule has 2 heterocycles. The summed E-state index contributed by atoms with van der Waals surface area (Å²) in [5, 5.41) is 2.85. The number of thioether (sulfide) groups is 1. The molecule has 0 aliphatic heterocycles. The van der Waals surface area contributed by atoms with Gasteiger partial charge in [-0.1, -0.05) is 0 Å². The summed E-state index contributed by atoms with van der Waals surface area (Å²) in [4.78, 5) is 15.6. The van der Waals surface area contributed by atoms with Crippen LogP contribution in [0.2, 0.25) is 0 Å². The maximum Gasteiger partial charge on any atom is 0.252 e. The molecule has 94 valence electrons. The van der Waals surface area contributed by atoms with E-state index in [9.17, 15) is 4.79 Å². The fraction of sp³-hybridized carbons (Fsp3) is 0.231. The first kappa shape index (κ1) is 12.7. The zero-order valence-electron chi connectivity index (χ0n) is 9.83. The zero-order valence-corrected chi connectivity index (χ0v) is 10.7. The van der Waals surface area contributed by atoms with Crippen molar-refractivity contribution in [2.75, 3.05) is 12.3 Å². The average Bonchev–Trinajstić information content (AvgIpc) is 2.92. The van der Waals surface area contributed by atoms with Gasteiger partial charge in [0.15, 0.2) is 0 Å². The van der Waals surface area contributed by atoms with Crippen LogP contribution in [0.4, 0.5) is 0 Å². The summed E-state index contributed by atoms with van der Waals surface area (Å²) in [6.45, 7) is 0.638. The molecule has 1 amide bonds. The van der Waals surface area contributed by atoms with Crippen molar-refractivity contribution in [1.29, 1.82) is 0 Å². The Labute approximate surface area is 110 Å². The molecule has 0 saturated heterocycles. The van der Waals surface area contributed by atoms with E-state index in [-0.39, 0.29) is 5.91 Å². The van der Waals surface area contributed by atoms with Gasteiger partial charge in [-0.3, -0.25) is 9.78 Å². The third-order valence-electron chi connectivity index (χ3n) is 2.28. The zero-order chi connectivity index (χ0) is 12.6. The minimum absolute atomic E-state index is 0.0818. The molecular formula is C13H14N2O2S. The minimum Gasteiger partial charge on any atom is -0.468 e. The second-order valence-corrected chi connectivity index (χ2v) is 4.73. The first-order chi connectivity index (χ1) is 8.86. The van der Waals surface area contributed by atoms with E-state index < -0.39 is 0 Å². The van der Waals surface area contributed by atoms with Crippen molar-refractivity contribution in [3.63, 3.8) is 0 Å². The molecule has 0 bridgehead atoms. The first-order valence-electron chi connectivity index (χ1n) is 5.64. The van der Waals surface area contributed by atoms with Gasteiger partial charge < -0.3 is 9.73 Å². The highest BCUT2D eigenvalue weighted by Crippen LogP contribution is 2.11. The van der Waals surface area contributed by atoms with Crippen LogP contribution < -0.4 is 5.32 Å². The summed E-state index contributed by atoms with van der Waals surface area (Å²) in [5.74, 6) is 2.56. The number of carbonyl (C=O) groups is 1. The second-order valence-electron chi connectivity index (χ2n) is 3.63. The molecule has 0 aliphatic rings. The number of nitrogens with zero attached hydrogens (tertiary/aromatic N) is 1. The number of rotatable bonds is 6. The van der Waals surface area contributed by atoms with E-state index in [2.05, 4.69) is 10.3 Å². The van der Waals surface area contributed by atoms with Crippen LogP contribution >= 0.6 is 11.8 Å². The SMILES string of the molecule is O=C(NCCSCc1ccco1)c1cccnc1. The van der Waals surface area contributed by atoms with Crippen LogP contribution in [0.1, 0.15) is 16.1 Å². The number of amides is 1. The standard InChI is InChI=1S/C13H14N2O2S/c16-13(11-3-1-5-14-9-11)15-6-8-18-10-12-4-2-7-17-12/h1-5,7,9H,6,8,10H2,(H,15,16). The Kier molecular flexibility index (Phi) is 4.84. The maximum atomic E-state index is 11.7. The summed E-state index contributed by atoms with van der Waals surface area (Å²) >= 11 is 1.72. The van der Waals surface area contributed by atoms with Gasteiger partial charge in [0.2, 0.25) is 0 Å². The molecule has 5 heteroatoms. The molecule has 0 unspecified atom stereocenters. The Hall–Kier alpha value is -1.75. The third kappa shape index (κ3) is 3.92. The second kappa shape index (κ2) is 6.86. The van der Waals surface area contributed by atoms with Gasteiger partial charge in [-0.05, 0) is 24.3 Å². The normalized spacial score (nSPS) is 10.2. The van der Waals surface area contributed by atoms with Crippen LogP contribution in [0.15, 0.2) is 47.3 Å². The lowest BCUT2D eigenvalue weighted by molar-refractivity contribution is 0.0956. The average molecular weight is 262 g/mol. The van der Waals surface area contributed by atoms with E-state index in [1.807, 2.05) is 12.1 Å². The molecule has 0 aromatic carbocycles. The molecule has 0 fully saturated rings. The molecule has 0 saturated carbocycles.